The highest BCUT2D eigenvalue weighted by Crippen LogP contribution is 2.36. The molecule has 3 rings (SSSR count). The number of nitrogens with zero attached hydrogens (tertiary/aromatic N) is 1. The number of thioether (sulfide) groups is 1. The van der Waals surface area contributed by atoms with E-state index in [0.29, 0.717) is 21.2 Å². The maximum atomic E-state index is 12.5. The number of carbonyl (C=O) groups is 2. The number of amides is 2. The summed E-state index contributed by atoms with van der Waals surface area (Å²) in [7, 11) is 0. The molecule has 128 valence electrons. The third kappa shape index (κ3) is 3.80. The second-order valence-corrected chi connectivity index (χ2v) is 7.39. The fourth-order valence-corrected chi connectivity index (χ4v) is 3.79. The van der Waals surface area contributed by atoms with Crippen LogP contribution in [0.1, 0.15) is 11.1 Å². The van der Waals surface area contributed by atoms with Crippen LogP contribution < -0.4 is 0 Å². The van der Waals surface area contributed by atoms with Crippen LogP contribution in [0, 0.1) is 0 Å². The second kappa shape index (κ2) is 7.30. The zero-order valence-electron chi connectivity index (χ0n) is 12.5. The molecule has 1 fully saturated rings. The highest BCUT2D eigenvalue weighted by Gasteiger charge is 2.35. The fourth-order valence-electron chi connectivity index (χ4n) is 2.24. The number of aromatic hydroxyl groups is 1. The third-order valence-electron chi connectivity index (χ3n) is 3.52. The normalized spacial score (nSPS) is 16.1. The van der Waals surface area contributed by atoms with E-state index in [1.807, 2.05) is 0 Å². The van der Waals surface area contributed by atoms with Crippen molar-refractivity contribution in [1.82, 2.24) is 4.90 Å². The van der Waals surface area contributed by atoms with Crippen molar-refractivity contribution in [3.8, 4) is 5.75 Å². The predicted octanol–water partition coefficient (Wildman–Crippen LogP) is 5.59. The molecule has 1 heterocycles. The van der Waals surface area contributed by atoms with Gasteiger partial charge in [0.05, 0.1) is 16.5 Å². The lowest BCUT2D eigenvalue weighted by atomic mass is 10.2. The Morgan fingerprint density at radius 1 is 1.04 bits per heavy atom. The molecule has 4 nitrogen and oxygen atoms in total. The van der Waals surface area contributed by atoms with Gasteiger partial charge >= 0.3 is 0 Å². The van der Waals surface area contributed by atoms with Crippen molar-refractivity contribution in [2.24, 2.45) is 0 Å². The molecule has 0 aromatic heterocycles. The first-order valence-corrected chi connectivity index (χ1v) is 8.98. The Bertz CT molecular complexity index is 894. The molecule has 1 N–H and O–H groups in total. The largest absolute Gasteiger partial charge is 0.506 e. The lowest BCUT2D eigenvalue weighted by molar-refractivity contribution is -0.123. The molecule has 0 spiro atoms. The molecule has 0 saturated carbocycles. The maximum Gasteiger partial charge on any atom is 0.293 e. The predicted molar refractivity (Wildman–Crippen MR) is 101 cm³/mol. The number of benzene rings is 2. The molecule has 0 bridgehead atoms. The summed E-state index contributed by atoms with van der Waals surface area (Å²) < 4.78 is 0. The van der Waals surface area contributed by atoms with Gasteiger partial charge in [0.15, 0.2) is 0 Å². The van der Waals surface area contributed by atoms with Crippen molar-refractivity contribution in [3.05, 3.63) is 67.5 Å². The number of phenolic OH excluding ortho intramolecular Hbond substituents is 1. The lowest BCUT2D eigenvalue weighted by Crippen LogP contribution is -2.27. The molecule has 1 aliphatic rings. The summed E-state index contributed by atoms with van der Waals surface area (Å²) in [5.41, 5.74) is 1.12. The van der Waals surface area contributed by atoms with E-state index in [-0.39, 0.29) is 22.2 Å². The number of hydrogen-bond donors (Lipinski definition) is 1. The van der Waals surface area contributed by atoms with Crippen LogP contribution >= 0.6 is 46.6 Å². The topological polar surface area (TPSA) is 57.6 Å². The molecule has 0 unspecified atom stereocenters. The van der Waals surface area contributed by atoms with Crippen molar-refractivity contribution in [1.29, 1.82) is 0 Å². The Hall–Kier alpha value is -1.66. The Morgan fingerprint density at radius 3 is 2.36 bits per heavy atom. The van der Waals surface area contributed by atoms with Gasteiger partial charge < -0.3 is 5.11 Å². The average Bonchev–Trinajstić information content (AvgIpc) is 2.81. The van der Waals surface area contributed by atoms with E-state index in [0.717, 1.165) is 16.7 Å². The quantitative estimate of drug-likeness (QED) is 0.665. The van der Waals surface area contributed by atoms with Crippen LogP contribution in [0.5, 0.6) is 5.75 Å². The summed E-state index contributed by atoms with van der Waals surface area (Å²) in [6.45, 7) is -0.00313. The van der Waals surface area contributed by atoms with Gasteiger partial charge in [-0.15, -0.1) is 0 Å². The minimum Gasteiger partial charge on any atom is -0.506 e. The first kappa shape index (κ1) is 18.1. The van der Waals surface area contributed by atoms with Crippen molar-refractivity contribution in [2.75, 3.05) is 0 Å². The third-order valence-corrected chi connectivity index (χ3v) is 5.44. The van der Waals surface area contributed by atoms with E-state index in [1.165, 1.54) is 12.1 Å². The molecule has 8 heteroatoms. The zero-order valence-corrected chi connectivity index (χ0v) is 15.6. The number of hydrogen-bond acceptors (Lipinski definition) is 4. The smallest absolute Gasteiger partial charge is 0.293 e. The Kier molecular flexibility index (Phi) is 5.29. The van der Waals surface area contributed by atoms with Crippen molar-refractivity contribution in [3.63, 3.8) is 0 Å². The van der Waals surface area contributed by atoms with E-state index in [9.17, 15) is 14.7 Å². The van der Waals surface area contributed by atoms with Crippen LogP contribution in [0.4, 0.5) is 4.79 Å². The Morgan fingerprint density at radius 2 is 1.72 bits per heavy atom. The summed E-state index contributed by atoms with van der Waals surface area (Å²) >= 11 is 18.9. The monoisotopic (exact) mass is 413 g/mol. The zero-order chi connectivity index (χ0) is 18.1. The van der Waals surface area contributed by atoms with E-state index in [4.69, 9.17) is 34.8 Å². The molecule has 0 aliphatic carbocycles. The van der Waals surface area contributed by atoms with Crippen LogP contribution in [0.15, 0.2) is 41.3 Å². The Balaban J connectivity index is 1.87. The van der Waals surface area contributed by atoms with Gasteiger partial charge in [0.1, 0.15) is 5.75 Å². The molecule has 1 saturated heterocycles. The number of carbonyl (C=O) groups excluding carboxylic acids is 2. The number of phenols is 1. The molecular weight excluding hydrogens is 405 g/mol. The summed E-state index contributed by atoms with van der Waals surface area (Å²) in [5.74, 6) is -0.490. The van der Waals surface area contributed by atoms with E-state index in [1.54, 1.807) is 30.3 Å². The minimum absolute atomic E-state index is 0.00313. The number of imide groups is 1. The number of halogens is 3. The lowest BCUT2D eigenvalue weighted by Gasteiger charge is -2.14. The van der Waals surface area contributed by atoms with Crippen molar-refractivity contribution in [2.45, 2.75) is 6.54 Å². The van der Waals surface area contributed by atoms with E-state index >= 15 is 0 Å². The maximum absolute atomic E-state index is 12.5. The first-order valence-electron chi connectivity index (χ1n) is 7.03. The molecule has 0 radical (unpaired) electrons. The van der Waals surface area contributed by atoms with Crippen molar-refractivity contribution < 1.29 is 14.7 Å². The van der Waals surface area contributed by atoms with E-state index in [2.05, 4.69) is 0 Å². The van der Waals surface area contributed by atoms with Crippen molar-refractivity contribution >= 4 is 63.8 Å². The highest BCUT2D eigenvalue weighted by molar-refractivity contribution is 8.18. The molecule has 25 heavy (non-hydrogen) atoms. The fraction of sp³-hybridized carbons (Fsp3) is 0.0588. The standard InChI is InChI=1S/C17H10Cl3NO3S/c18-11-2-1-3-12(19)10(11)8-21-16(23)15(25-17(21)24)7-9-4-5-14(22)13(20)6-9/h1-7,22H,8H2/b15-7-. The van der Waals surface area contributed by atoms with Crippen LogP contribution in [-0.4, -0.2) is 21.2 Å². The van der Waals surface area contributed by atoms with Gasteiger partial charge in [-0.1, -0.05) is 46.9 Å². The van der Waals surface area contributed by atoms with Gasteiger partial charge in [-0.25, -0.2) is 0 Å². The van der Waals surface area contributed by atoms with Gasteiger partial charge in [0.25, 0.3) is 11.1 Å². The summed E-state index contributed by atoms with van der Waals surface area (Å²) in [6.07, 6.45) is 1.55. The molecule has 0 atom stereocenters. The minimum atomic E-state index is -0.435. The van der Waals surface area contributed by atoms with Gasteiger partial charge in [0, 0.05) is 15.6 Å². The van der Waals surface area contributed by atoms with Crippen LogP contribution in [0.3, 0.4) is 0 Å². The van der Waals surface area contributed by atoms with Gasteiger partial charge in [-0.2, -0.15) is 0 Å². The second-order valence-electron chi connectivity index (χ2n) is 5.18. The van der Waals surface area contributed by atoms with E-state index < -0.39 is 11.1 Å². The van der Waals surface area contributed by atoms with Gasteiger partial charge in [-0.3, -0.25) is 14.5 Å². The van der Waals surface area contributed by atoms with Crippen LogP contribution in [0.25, 0.3) is 6.08 Å². The number of rotatable bonds is 3. The summed E-state index contributed by atoms with van der Waals surface area (Å²) in [4.78, 5) is 26.1. The van der Waals surface area contributed by atoms with Gasteiger partial charge in [0.2, 0.25) is 0 Å². The highest BCUT2D eigenvalue weighted by atomic mass is 35.5. The summed E-state index contributed by atoms with van der Waals surface area (Å²) in [5, 5.41) is 9.98. The molecule has 2 aromatic rings. The van der Waals surface area contributed by atoms with Crippen LogP contribution in [-0.2, 0) is 11.3 Å². The summed E-state index contributed by atoms with van der Waals surface area (Å²) in [6, 6.07) is 9.51. The molecular formula is C17H10Cl3NO3S. The van der Waals surface area contributed by atoms with Crippen LogP contribution in [0.2, 0.25) is 15.1 Å². The average molecular weight is 415 g/mol. The molecule has 1 aliphatic heterocycles. The Labute approximate surface area is 163 Å². The molecule has 2 aromatic carbocycles. The SMILES string of the molecule is O=C1S/C(=C\c2ccc(O)c(Cl)c2)C(=O)N1Cc1c(Cl)cccc1Cl. The first-order chi connectivity index (χ1) is 11.9. The molecule has 2 amide bonds. The van der Waals surface area contributed by atoms with Gasteiger partial charge in [-0.05, 0) is 47.7 Å².